The summed E-state index contributed by atoms with van der Waals surface area (Å²) in [5.74, 6) is 0. The molecule has 1 unspecified atom stereocenters. The number of urea groups is 1. The number of methoxy groups -OCH3 is 2. The third-order valence-corrected chi connectivity index (χ3v) is 4.18. The molecule has 0 heterocycles. The van der Waals surface area contributed by atoms with Gasteiger partial charge in [-0.05, 0) is 32.6 Å². The number of nitrogens with one attached hydrogen (secondary N) is 1. The van der Waals surface area contributed by atoms with Crippen molar-refractivity contribution >= 4 is 6.03 Å². The fourth-order valence-electron chi connectivity index (χ4n) is 2.78. The molecule has 24 heavy (non-hydrogen) atoms. The van der Waals surface area contributed by atoms with Crippen molar-refractivity contribution in [1.29, 1.82) is 0 Å². The maximum absolute atomic E-state index is 11.0. The Morgan fingerprint density at radius 3 is 1.96 bits per heavy atom. The van der Waals surface area contributed by atoms with Crippen LogP contribution in [-0.4, -0.2) is 45.8 Å². The average molecular weight is 347 g/mol. The van der Waals surface area contributed by atoms with Gasteiger partial charge in [0.2, 0.25) is 0 Å². The molecular formula is C18H38N2O4. The minimum Gasteiger partial charge on any atom is -0.382 e. The van der Waals surface area contributed by atoms with Crippen molar-refractivity contribution in [3.05, 3.63) is 0 Å². The highest BCUT2D eigenvalue weighted by Gasteiger charge is 2.10. The molecule has 0 fully saturated rings. The van der Waals surface area contributed by atoms with Crippen LogP contribution >= 0.6 is 0 Å². The molecule has 0 rings (SSSR count). The molecule has 6 heteroatoms. The van der Waals surface area contributed by atoms with Gasteiger partial charge in [-0.3, -0.25) is 0 Å². The fourth-order valence-corrected chi connectivity index (χ4v) is 2.78. The summed E-state index contributed by atoms with van der Waals surface area (Å²) < 4.78 is 15.7. The second-order valence-corrected chi connectivity index (χ2v) is 6.14. The Morgan fingerprint density at radius 2 is 1.46 bits per heavy atom. The number of ether oxygens (including phenoxy) is 3. The normalized spacial score (nSPS) is 12.5. The summed E-state index contributed by atoms with van der Waals surface area (Å²) >= 11 is 0. The number of hydrogen-bond acceptors (Lipinski definition) is 4. The molecule has 0 aromatic rings. The first-order chi connectivity index (χ1) is 11.6. The predicted octanol–water partition coefficient (Wildman–Crippen LogP) is 3.58. The van der Waals surface area contributed by atoms with E-state index in [1.165, 1.54) is 32.1 Å². The van der Waals surface area contributed by atoms with Crippen LogP contribution in [0.15, 0.2) is 0 Å². The van der Waals surface area contributed by atoms with Crippen molar-refractivity contribution in [1.82, 2.24) is 5.32 Å². The Kier molecular flexibility index (Phi) is 16.4. The predicted molar refractivity (Wildman–Crippen MR) is 97.0 cm³/mol. The van der Waals surface area contributed by atoms with E-state index in [0.717, 1.165) is 32.1 Å². The minimum atomic E-state index is -0.443. The van der Waals surface area contributed by atoms with Gasteiger partial charge in [0.05, 0.1) is 0 Å². The molecule has 3 N–H and O–H groups in total. The van der Waals surface area contributed by atoms with E-state index in [4.69, 9.17) is 19.9 Å². The van der Waals surface area contributed by atoms with Crippen LogP contribution in [0.4, 0.5) is 4.79 Å². The number of carbonyl (C=O) groups is 1. The highest BCUT2D eigenvalue weighted by atomic mass is 16.7. The number of hydrogen-bond donors (Lipinski definition) is 2. The van der Waals surface area contributed by atoms with Crippen molar-refractivity contribution < 1.29 is 19.0 Å². The van der Waals surface area contributed by atoms with Crippen LogP contribution in [0.25, 0.3) is 0 Å². The van der Waals surface area contributed by atoms with E-state index in [2.05, 4.69) is 5.32 Å². The lowest BCUT2D eigenvalue weighted by Crippen LogP contribution is -2.39. The number of carbonyl (C=O) groups excluding carboxylic acids is 1. The molecule has 2 amide bonds. The third kappa shape index (κ3) is 14.7. The molecule has 0 aliphatic carbocycles. The van der Waals surface area contributed by atoms with E-state index in [0.29, 0.717) is 13.2 Å². The number of unbranched alkanes of at least 4 members (excludes halogenated alkanes) is 6. The largest absolute Gasteiger partial charge is 0.382 e. The van der Waals surface area contributed by atoms with Gasteiger partial charge in [-0.2, -0.15) is 0 Å². The second kappa shape index (κ2) is 17.0. The molecule has 0 spiro atoms. The highest BCUT2D eigenvalue weighted by molar-refractivity contribution is 5.71. The maximum Gasteiger partial charge on any atom is 0.312 e. The first kappa shape index (κ1) is 23.1. The van der Waals surface area contributed by atoms with Gasteiger partial charge in [0.1, 0.15) is 0 Å². The van der Waals surface area contributed by atoms with Gasteiger partial charge in [-0.15, -0.1) is 0 Å². The SMILES string of the molecule is CCOCCC(CCCCCCCCCC(OC)OC)NC(N)=O. The van der Waals surface area contributed by atoms with E-state index in [-0.39, 0.29) is 12.3 Å². The van der Waals surface area contributed by atoms with Crippen LogP contribution in [0.5, 0.6) is 0 Å². The average Bonchev–Trinajstić information content (AvgIpc) is 2.56. The Hall–Kier alpha value is -0.850. The Morgan fingerprint density at radius 1 is 0.917 bits per heavy atom. The first-order valence-electron chi connectivity index (χ1n) is 9.33. The molecule has 0 bridgehead atoms. The van der Waals surface area contributed by atoms with Crippen LogP contribution in [0, 0.1) is 0 Å². The molecule has 6 nitrogen and oxygen atoms in total. The molecule has 0 aromatic heterocycles. The summed E-state index contributed by atoms with van der Waals surface area (Å²) in [6.45, 7) is 3.35. The van der Waals surface area contributed by atoms with E-state index >= 15 is 0 Å². The van der Waals surface area contributed by atoms with E-state index in [9.17, 15) is 4.79 Å². The molecule has 0 saturated carbocycles. The molecule has 0 saturated heterocycles. The molecule has 0 aliphatic heterocycles. The van der Waals surface area contributed by atoms with Crippen LogP contribution < -0.4 is 11.1 Å². The lowest BCUT2D eigenvalue weighted by molar-refractivity contribution is -0.107. The quantitative estimate of drug-likeness (QED) is 0.311. The number of primary amides is 1. The smallest absolute Gasteiger partial charge is 0.312 e. The van der Waals surface area contributed by atoms with E-state index < -0.39 is 6.03 Å². The fraction of sp³-hybridized carbons (Fsp3) is 0.944. The van der Waals surface area contributed by atoms with E-state index in [1.807, 2.05) is 6.92 Å². The van der Waals surface area contributed by atoms with E-state index in [1.54, 1.807) is 14.2 Å². The summed E-state index contributed by atoms with van der Waals surface area (Å²) in [5, 5.41) is 2.81. The van der Waals surface area contributed by atoms with Crippen molar-refractivity contribution in [2.24, 2.45) is 5.73 Å². The zero-order valence-electron chi connectivity index (χ0n) is 15.9. The molecule has 0 aliphatic rings. The van der Waals surface area contributed by atoms with Gasteiger partial charge in [-0.1, -0.05) is 38.5 Å². The standard InChI is InChI=1S/C18H38N2O4/c1-4-24-15-14-16(20-18(19)21)12-10-8-6-5-7-9-11-13-17(22-2)23-3/h16-17H,4-15H2,1-3H3,(H3,19,20,21). The zero-order valence-corrected chi connectivity index (χ0v) is 15.9. The summed E-state index contributed by atoms with van der Waals surface area (Å²) in [5.41, 5.74) is 5.23. The summed E-state index contributed by atoms with van der Waals surface area (Å²) in [6, 6.07) is -0.309. The lowest BCUT2D eigenvalue weighted by atomic mass is 10.0. The molecule has 0 radical (unpaired) electrons. The molecule has 144 valence electrons. The van der Waals surface area contributed by atoms with Gasteiger partial charge in [0.25, 0.3) is 0 Å². The molecule has 0 aromatic carbocycles. The molecule has 1 atom stereocenters. The second-order valence-electron chi connectivity index (χ2n) is 6.14. The summed E-state index contributed by atoms with van der Waals surface area (Å²) in [4.78, 5) is 11.0. The van der Waals surface area contributed by atoms with Gasteiger partial charge in [-0.25, -0.2) is 4.79 Å². The number of rotatable bonds is 17. The Bertz CT molecular complexity index is 286. The topological polar surface area (TPSA) is 82.8 Å². The monoisotopic (exact) mass is 346 g/mol. The van der Waals surface area contributed by atoms with Crippen LogP contribution in [-0.2, 0) is 14.2 Å². The zero-order chi connectivity index (χ0) is 18.0. The lowest BCUT2D eigenvalue weighted by Gasteiger charge is -2.17. The maximum atomic E-state index is 11.0. The van der Waals surface area contributed by atoms with Gasteiger partial charge in [0, 0.05) is 33.5 Å². The number of nitrogens with two attached hydrogens (primary N) is 1. The Balaban J connectivity index is 3.54. The van der Waals surface area contributed by atoms with Crippen LogP contribution in [0.2, 0.25) is 0 Å². The highest BCUT2D eigenvalue weighted by Crippen LogP contribution is 2.13. The van der Waals surface area contributed by atoms with Crippen molar-refractivity contribution in [2.45, 2.75) is 83.5 Å². The van der Waals surface area contributed by atoms with Crippen molar-refractivity contribution in [3.8, 4) is 0 Å². The summed E-state index contributed by atoms with van der Waals surface area (Å²) in [7, 11) is 3.37. The van der Waals surface area contributed by atoms with Crippen molar-refractivity contribution in [3.63, 3.8) is 0 Å². The van der Waals surface area contributed by atoms with Gasteiger partial charge in [0.15, 0.2) is 6.29 Å². The van der Waals surface area contributed by atoms with Crippen molar-refractivity contribution in [2.75, 3.05) is 27.4 Å². The van der Waals surface area contributed by atoms with Crippen LogP contribution in [0.3, 0.4) is 0 Å². The summed E-state index contributed by atoms with van der Waals surface area (Å²) in [6.07, 6.45) is 11.2. The third-order valence-electron chi connectivity index (χ3n) is 4.18. The molecular weight excluding hydrogens is 308 g/mol. The van der Waals surface area contributed by atoms with Gasteiger partial charge < -0.3 is 25.3 Å². The minimum absolute atomic E-state index is 0.0589. The number of amides is 2. The van der Waals surface area contributed by atoms with Crippen LogP contribution in [0.1, 0.15) is 71.1 Å². The Labute approximate surface area is 147 Å². The van der Waals surface area contributed by atoms with Gasteiger partial charge >= 0.3 is 6.03 Å². The first-order valence-corrected chi connectivity index (χ1v) is 9.33.